The van der Waals surface area contributed by atoms with Crippen molar-refractivity contribution < 1.29 is 9.90 Å². The lowest BCUT2D eigenvalue weighted by atomic mass is 10.0. The Morgan fingerprint density at radius 1 is 1.21 bits per heavy atom. The number of hydrogen-bond acceptors (Lipinski definition) is 3. The molecule has 19 heavy (non-hydrogen) atoms. The summed E-state index contributed by atoms with van der Waals surface area (Å²) in [4.78, 5) is 16.7. The fourth-order valence-electron chi connectivity index (χ4n) is 3.52. The highest BCUT2D eigenvalue weighted by Gasteiger charge is 2.28. The Morgan fingerprint density at radius 3 is 2.53 bits per heavy atom. The number of amides is 1. The number of rotatable bonds is 5. The Hall–Kier alpha value is -0.610. The SMILES string of the molecule is CC1CCCCN1C(=O)CN(CCO)C1CCCC1. The highest BCUT2D eigenvalue weighted by atomic mass is 16.3. The van der Waals surface area contributed by atoms with E-state index in [4.69, 9.17) is 0 Å². The molecule has 1 atom stereocenters. The summed E-state index contributed by atoms with van der Waals surface area (Å²) in [5, 5.41) is 9.21. The first kappa shape index (κ1) is 14.8. The fourth-order valence-corrected chi connectivity index (χ4v) is 3.52. The predicted molar refractivity (Wildman–Crippen MR) is 75.9 cm³/mol. The van der Waals surface area contributed by atoms with Crippen LogP contribution in [-0.4, -0.2) is 59.1 Å². The van der Waals surface area contributed by atoms with Crippen LogP contribution in [0.15, 0.2) is 0 Å². The van der Waals surface area contributed by atoms with Crippen LogP contribution in [0.2, 0.25) is 0 Å². The number of carbonyl (C=O) groups excluding carboxylic acids is 1. The molecule has 1 N–H and O–H groups in total. The maximum Gasteiger partial charge on any atom is 0.236 e. The van der Waals surface area contributed by atoms with Crippen LogP contribution in [0.5, 0.6) is 0 Å². The monoisotopic (exact) mass is 268 g/mol. The van der Waals surface area contributed by atoms with Crippen LogP contribution in [-0.2, 0) is 4.79 Å². The molecule has 0 bridgehead atoms. The first-order valence-corrected chi connectivity index (χ1v) is 7.86. The molecule has 2 rings (SSSR count). The van der Waals surface area contributed by atoms with Gasteiger partial charge in [0.2, 0.25) is 5.91 Å². The molecule has 0 aromatic rings. The molecular formula is C15H28N2O2. The summed E-state index contributed by atoms with van der Waals surface area (Å²) in [6, 6.07) is 0.900. The Kier molecular flexibility index (Phi) is 5.64. The van der Waals surface area contributed by atoms with Gasteiger partial charge < -0.3 is 10.0 Å². The highest BCUT2D eigenvalue weighted by Crippen LogP contribution is 2.24. The minimum atomic E-state index is 0.152. The zero-order chi connectivity index (χ0) is 13.7. The summed E-state index contributed by atoms with van der Waals surface area (Å²) in [7, 11) is 0. The molecule has 1 amide bonds. The molecule has 2 aliphatic rings. The first-order valence-electron chi connectivity index (χ1n) is 7.86. The van der Waals surface area contributed by atoms with E-state index in [-0.39, 0.29) is 12.5 Å². The molecule has 1 saturated heterocycles. The maximum atomic E-state index is 12.5. The topological polar surface area (TPSA) is 43.8 Å². The first-order chi connectivity index (χ1) is 9.22. The predicted octanol–water partition coefficient (Wildman–Crippen LogP) is 1.62. The zero-order valence-corrected chi connectivity index (χ0v) is 12.2. The van der Waals surface area contributed by atoms with Crippen molar-refractivity contribution in [2.24, 2.45) is 0 Å². The second kappa shape index (κ2) is 7.25. The van der Waals surface area contributed by atoms with Crippen molar-refractivity contribution >= 4 is 5.91 Å². The van der Waals surface area contributed by atoms with Crippen molar-refractivity contribution in [3.8, 4) is 0 Å². The third kappa shape index (κ3) is 3.93. The minimum absolute atomic E-state index is 0.152. The number of likely N-dealkylation sites (tertiary alicyclic amines) is 1. The van der Waals surface area contributed by atoms with E-state index in [1.165, 1.54) is 32.1 Å². The molecule has 0 aromatic heterocycles. The minimum Gasteiger partial charge on any atom is -0.395 e. The van der Waals surface area contributed by atoms with E-state index in [9.17, 15) is 9.90 Å². The van der Waals surface area contributed by atoms with Gasteiger partial charge in [-0.1, -0.05) is 12.8 Å². The van der Waals surface area contributed by atoms with Crippen LogP contribution in [0.1, 0.15) is 51.9 Å². The standard InChI is InChI=1S/C15H28N2O2/c1-13-6-4-5-9-17(13)15(19)12-16(10-11-18)14-7-2-3-8-14/h13-14,18H,2-12H2,1H3. The van der Waals surface area contributed by atoms with Gasteiger partial charge >= 0.3 is 0 Å². The molecule has 4 nitrogen and oxygen atoms in total. The summed E-state index contributed by atoms with van der Waals surface area (Å²) in [5.74, 6) is 0.257. The molecule has 2 fully saturated rings. The van der Waals surface area contributed by atoms with Crippen LogP contribution >= 0.6 is 0 Å². The summed E-state index contributed by atoms with van der Waals surface area (Å²) >= 11 is 0. The second-order valence-electron chi connectivity index (χ2n) is 6.06. The van der Waals surface area contributed by atoms with Crippen molar-refractivity contribution in [2.45, 2.75) is 64.0 Å². The molecule has 1 aliphatic heterocycles. The van der Waals surface area contributed by atoms with Gasteiger partial charge in [-0.25, -0.2) is 0 Å². The summed E-state index contributed by atoms with van der Waals surface area (Å²) in [6.45, 7) is 4.36. The summed E-state index contributed by atoms with van der Waals surface area (Å²) in [5.41, 5.74) is 0. The van der Waals surface area contributed by atoms with Gasteiger partial charge in [0.1, 0.15) is 0 Å². The van der Waals surface area contributed by atoms with Crippen LogP contribution in [0.25, 0.3) is 0 Å². The lowest BCUT2D eigenvalue weighted by molar-refractivity contribution is -0.136. The van der Waals surface area contributed by atoms with Gasteiger partial charge in [-0.2, -0.15) is 0 Å². The van der Waals surface area contributed by atoms with E-state index in [1.807, 2.05) is 4.90 Å². The summed E-state index contributed by atoms with van der Waals surface area (Å²) < 4.78 is 0. The van der Waals surface area contributed by atoms with E-state index < -0.39 is 0 Å². The number of carbonyl (C=O) groups is 1. The molecule has 0 radical (unpaired) electrons. The third-order valence-electron chi connectivity index (χ3n) is 4.69. The average Bonchev–Trinajstić information content (AvgIpc) is 2.92. The molecule has 1 unspecified atom stereocenters. The number of aliphatic hydroxyl groups is 1. The molecule has 1 aliphatic carbocycles. The number of hydrogen-bond donors (Lipinski definition) is 1. The molecule has 4 heteroatoms. The second-order valence-corrected chi connectivity index (χ2v) is 6.06. The fraction of sp³-hybridized carbons (Fsp3) is 0.933. The Labute approximate surface area is 116 Å². The molecule has 110 valence electrons. The number of piperidine rings is 1. The van der Waals surface area contributed by atoms with Gasteiger partial charge in [-0.15, -0.1) is 0 Å². The Balaban J connectivity index is 1.89. The van der Waals surface area contributed by atoms with Crippen LogP contribution in [0.4, 0.5) is 0 Å². The third-order valence-corrected chi connectivity index (χ3v) is 4.69. The molecular weight excluding hydrogens is 240 g/mol. The average molecular weight is 268 g/mol. The molecule has 1 saturated carbocycles. The summed E-state index contributed by atoms with van der Waals surface area (Å²) in [6.07, 6.45) is 8.41. The number of aliphatic hydroxyl groups excluding tert-OH is 1. The van der Waals surface area contributed by atoms with Gasteiger partial charge in [-0.05, 0) is 39.0 Å². The van der Waals surface area contributed by atoms with E-state index >= 15 is 0 Å². The highest BCUT2D eigenvalue weighted by molar-refractivity contribution is 5.78. The normalized spacial score (nSPS) is 25.2. The number of nitrogens with zero attached hydrogens (tertiary/aromatic N) is 2. The smallest absolute Gasteiger partial charge is 0.236 e. The molecule has 1 heterocycles. The van der Waals surface area contributed by atoms with Crippen molar-refractivity contribution in [1.82, 2.24) is 9.80 Å². The van der Waals surface area contributed by atoms with Gasteiger partial charge in [0.15, 0.2) is 0 Å². The quantitative estimate of drug-likeness (QED) is 0.824. The van der Waals surface area contributed by atoms with Gasteiger partial charge in [-0.3, -0.25) is 9.69 Å². The van der Waals surface area contributed by atoms with Gasteiger partial charge in [0.25, 0.3) is 0 Å². The van der Waals surface area contributed by atoms with E-state index in [1.54, 1.807) is 0 Å². The van der Waals surface area contributed by atoms with Gasteiger partial charge in [0.05, 0.1) is 13.2 Å². The van der Waals surface area contributed by atoms with Crippen molar-refractivity contribution in [3.63, 3.8) is 0 Å². The van der Waals surface area contributed by atoms with E-state index in [0.29, 0.717) is 25.2 Å². The van der Waals surface area contributed by atoms with Crippen molar-refractivity contribution in [1.29, 1.82) is 0 Å². The Bertz CT molecular complexity index is 290. The van der Waals surface area contributed by atoms with E-state index in [2.05, 4.69) is 11.8 Å². The van der Waals surface area contributed by atoms with E-state index in [0.717, 1.165) is 19.4 Å². The lowest BCUT2D eigenvalue weighted by Gasteiger charge is -2.36. The molecule has 0 aromatic carbocycles. The van der Waals surface area contributed by atoms with Crippen LogP contribution < -0.4 is 0 Å². The van der Waals surface area contributed by atoms with Crippen molar-refractivity contribution in [2.75, 3.05) is 26.2 Å². The van der Waals surface area contributed by atoms with Crippen LogP contribution in [0, 0.1) is 0 Å². The maximum absolute atomic E-state index is 12.5. The lowest BCUT2D eigenvalue weighted by Crippen LogP contribution is -2.49. The molecule has 0 spiro atoms. The van der Waals surface area contributed by atoms with Crippen molar-refractivity contribution in [3.05, 3.63) is 0 Å². The zero-order valence-electron chi connectivity index (χ0n) is 12.2. The van der Waals surface area contributed by atoms with Gasteiger partial charge in [0, 0.05) is 25.2 Å². The largest absolute Gasteiger partial charge is 0.395 e. The Morgan fingerprint density at radius 2 is 1.89 bits per heavy atom. The van der Waals surface area contributed by atoms with Crippen LogP contribution in [0.3, 0.4) is 0 Å².